The zero-order valence-electron chi connectivity index (χ0n) is 7.44. The number of anilines is 1. The summed E-state index contributed by atoms with van der Waals surface area (Å²) in [5, 5.41) is 1.91. The van der Waals surface area contributed by atoms with Crippen LogP contribution in [0.2, 0.25) is 10.3 Å². The number of alkyl halides is 3. The van der Waals surface area contributed by atoms with Crippen LogP contribution in [-0.4, -0.2) is 22.2 Å². The molecular weight excluding hydrogens is 254 g/mol. The third-order valence-electron chi connectivity index (χ3n) is 1.56. The molecule has 1 N–H and O–H groups in total. The first-order valence-electron chi connectivity index (χ1n) is 3.82. The van der Waals surface area contributed by atoms with Gasteiger partial charge in [-0.3, -0.25) is 0 Å². The van der Waals surface area contributed by atoms with Crippen molar-refractivity contribution in [2.75, 3.05) is 5.32 Å². The Morgan fingerprint density at radius 1 is 1.40 bits per heavy atom. The molecule has 3 nitrogen and oxygen atoms in total. The molecule has 0 saturated carbocycles. The summed E-state index contributed by atoms with van der Waals surface area (Å²) >= 11 is 11.0. The molecule has 1 atom stereocenters. The summed E-state index contributed by atoms with van der Waals surface area (Å²) in [6.07, 6.45) is -3.25. The van der Waals surface area contributed by atoms with Gasteiger partial charge >= 0.3 is 6.18 Å². The van der Waals surface area contributed by atoms with E-state index in [9.17, 15) is 13.2 Å². The number of nitrogens with one attached hydrogen (secondary N) is 1. The fourth-order valence-corrected chi connectivity index (χ4v) is 1.01. The molecule has 15 heavy (non-hydrogen) atoms. The highest BCUT2D eigenvalue weighted by Crippen LogP contribution is 2.26. The number of halogens is 5. The van der Waals surface area contributed by atoms with Gasteiger partial charge in [0.1, 0.15) is 16.9 Å². The minimum Gasteiger partial charge on any atom is -0.358 e. The molecule has 0 aromatic carbocycles. The van der Waals surface area contributed by atoms with Crippen molar-refractivity contribution >= 4 is 29.0 Å². The molecule has 0 saturated heterocycles. The molecule has 1 unspecified atom stereocenters. The molecular formula is C7H6Cl2F3N3. The Hall–Kier alpha value is -0.750. The quantitative estimate of drug-likeness (QED) is 0.830. The minimum absolute atomic E-state index is 0.0181. The van der Waals surface area contributed by atoms with Gasteiger partial charge in [-0.2, -0.15) is 18.2 Å². The van der Waals surface area contributed by atoms with Crippen LogP contribution in [0.1, 0.15) is 6.92 Å². The van der Waals surface area contributed by atoms with Crippen molar-refractivity contribution in [3.63, 3.8) is 0 Å². The minimum atomic E-state index is -4.37. The van der Waals surface area contributed by atoms with Crippen molar-refractivity contribution in [3.8, 4) is 0 Å². The molecule has 0 amide bonds. The maximum atomic E-state index is 12.2. The van der Waals surface area contributed by atoms with Crippen LogP contribution in [0.4, 0.5) is 19.0 Å². The third kappa shape index (κ3) is 3.39. The summed E-state index contributed by atoms with van der Waals surface area (Å²) < 4.78 is 36.6. The molecule has 1 aromatic rings. The van der Waals surface area contributed by atoms with Gasteiger partial charge < -0.3 is 5.32 Å². The van der Waals surface area contributed by atoms with Crippen LogP contribution >= 0.6 is 23.2 Å². The van der Waals surface area contributed by atoms with E-state index in [0.717, 1.165) is 13.1 Å². The molecule has 0 spiro atoms. The average molecular weight is 260 g/mol. The van der Waals surface area contributed by atoms with Crippen LogP contribution in [0.25, 0.3) is 0 Å². The Bertz CT molecular complexity index is 356. The van der Waals surface area contributed by atoms with Gasteiger partial charge in [-0.05, 0) is 18.5 Å². The normalized spacial score (nSPS) is 13.7. The molecule has 0 fully saturated rings. The predicted octanol–water partition coefficient (Wildman–Crippen LogP) is 3.15. The molecule has 1 aromatic heterocycles. The molecule has 1 rings (SSSR count). The molecule has 0 bridgehead atoms. The SMILES string of the molecule is CC(Nc1nc(Cl)ncc1Cl)C(F)(F)F. The summed E-state index contributed by atoms with van der Waals surface area (Å²) in [6.45, 7) is 0.951. The lowest BCUT2D eigenvalue weighted by Gasteiger charge is -2.18. The average Bonchev–Trinajstić information content (AvgIpc) is 2.09. The van der Waals surface area contributed by atoms with Crippen molar-refractivity contribution in [1.29, 1.82) is 0 Å². The summed E-state index contributed by atoms with van der Waals surface area (Å²) in [5.41, 5.74) is 0. The first-order valence-corrected chi connectivity index (χ1v) is 4.57. The molecule has 0 aliphatic carbocycles. The fraction of sp³-hybridized carbons (Fsp3) is 0.429. The lowest BCUT2D eigenvalue weighted by molar-refractivity contribution is -0.138. The Labute approximate surface area is 93.6 Å². The fourth-order valence-electron chi connectivity index (χ4n) is 0.734. The maximum Gasteiger partial charge on any atom is 0.408 e. The van der Waals surface area contributed by atoms with E-state index in [0.29, 0.717) is 0 Å². The number of hydrogen-bond acceptors (Lipinski definition) is 3. The summed E-state index contributed by atoms with van der Waals surface area (Å²) in [6, 6.07) is -1.76. The summed E-state index contributed by atoms with van der Waals surface area (Å²) in [7, 11) is 0. The number of aromatic nitrogens is 2. The Kier molecular flexibility index (Phi) is 3.62. The number of nitrogens with zero attached hydrogens (tertiary/aromatic N) is 2. The van der Waals surface area contributed by atoms with E-state index < -0.39 is 12.2 Å². The van der Waals surface area contributed by atoms with Crippen LogP contribution in [0.15, 0.2) is 6.20 Å². The zero-order valence-corrected chi connectivity index (χ0v) is 8.95. The van der Waals surface area contributed by atoms with Gasteiger partial charge in [-0.15, -0.1) is 0 Å². The van der Waals surface area contributed by atoms with Crippen molar-refractivity contribution in [1.82, 2.24) is 9.97 Å². The molecule has 0 aliphatic rings. The summed E-state index contributed by atoms with van der Waals surface area (Å²) in [5.74, 6) is -0.138. The topological polar surface area (TPSA) is 37.8 Å². The first kappa shape index (κ1) is 12.3. The van der Waals surface area contributed by atoms with E-state index in [2.05, 4.69) is 15.3 Å². The van der Waals surface area contributed by atoms with Crippen LogP contribution in [-0.2, 0) is 0 Å². The third-order valence-corrected chi connectivity index (χ3v) is 2.02. The predicted molar refractivity (Wildman–Crippen MR) is 51.2 cm³/mol. The highest BCUT2D eigenvalue weighted by atomic mass is 35.5. The second-order valence-corrected chi connectivity index (χ2v) is 3.49. The number of hydrogen-bond donors (Lipinski definition) is 1. The molecule has 0 radical (unpaired) electrons. The second-order valence-electron chi connectivity index (χ2n) is 2.74. The van der Waals surface area contributed by atoms with E-state index in [1.165, 1.54) is 0 Å². The van der Waals surface area contributed by atoms with E-state index in [4.69, 9.17) is 23.2 Å². The van der Waals surface area contributed by atoms with Crippen LogP contribution in [0.3, 0.4) is 0 Å². The molecule has 0 aliphatic heterocycles. The zero-order chi connectivity index (χ0) is 11.6. The van der Waals surface area contributed by atoms with Crippen LogP contribution in [0.5, 0.6) is 0 Å². The lowest BCUT2D eigenvalue weighted by atomic mass is 10.3. The van der Waals surface area contributed by atoms with Gasteiger partial charge in [0.05, 0.1) is 6.20 Å². The van der Waals surface area contributed by atoms with Gasteiger partial charge in [-0.1, -0.05) is 11.6 Å². The Morgan fingerprint density at radius 2 is 2.00 bits per heavy atom. The van der Waals surface area contributed by atoms with Crippen molar-refractivity contribution in [2.24, 2.45) is 0 Å². The Morgan fingerprint density at radius 3 is 2.53 bits per heavy atom. The highest BCUT2D eigenvalue weighted by molar-refractivity contribution is 6.33. The largest absolute Gasteiger partial charge is 0.408 e. The highest BCUT2D eigenvalue weighted by Gasteiger charge is 2.36. The van der Waals surface area contributed by atoms with E-state index >= 15 is 0 Å². The van der Waals surface area contributed by atoms with Gasteiger partial charge in [0.25, 0.3) is 0 Å². The van der Waals surface area contributed by atoms with Gasteiger partial charge in [0.15, 0.2) is 0 Å². The van der Waals surface area contributed by atoms with Crippen molar-refractivity contribution in [2.45, 2.75) is 19.1 Å². The molecule has 84 valence electrons. The van der Waals surface area contributed by atoms with Gasteiger partial charge in [0.2, 0.25) is 5.28 Å². The number of rotatable bonds is 2. The van der Waals surface area contributed by atoms with E-state index in [1.54, 1.807) is 0 Å². The lowest BCUT2D eigenvalue weighted by Crippen LogP contribution is -2.33. The van der Waals surface area contributed by atoms with Crippen LogP contribution < -0.4 is 5.32 Å². The first-order chi connectivity index (χ1) is 6.80. The van der Waals surface area contributed by atoms with Gasteiger partial charge in [-0.25, -0.2) is 4.98 Å². The molecule has 1 heterocycles. The summed E-state index contributed by atoms with van der Waals surface area (Å²) in [4.78, 5) is 7.05. The van der Waals surface area contributed by atoms with Crippen LogP contribution in [0, 0.1) is 0 Å². The van der Waals surface area contributed by atoms with Crippen molar-refractivity contribution in [3.05, 3.63) is 16.5 Å². The van der Waals surface area contributed by atoms with Gasteiger partial charge in [0, 0.05) is 0 Å². The van der Waals surface area contributed by atoms with Crippen molar-refractivity contribution < 1.29 is 13.2 Å². The second kappa shape index (κ2) is 4.40. The Balaban J connectivity index is 2.85. The smallest absolute Gasteiger partial charge is 0.358 e. The van der Waals surface area contributed by atoms with E-state index in [1.807, 2.05) is 0 Å². The molecule has 8 heteroatoms. The maximum absolute atomic E-state index is 12.2. The standard InChI is InChI=1S/C7H6Cl2F3N3/c1-3(7(10,11)12)14-5-4(8)2-13-6(9)15-5/h2-3H,1H3,(H,13,14,15). The van der Waals surface area contributed by atoms with E-state index in [-0.39, 0.29) is 16.1 Å². The monoisotopic (exact) mass is 259 g/mol.